The van der Waals surface area contributed by atoms with Crippen molar-refractivity contribution in [2.24, 2.45) is 5.73 Å². The Balaban J connectivity index is 2.37. The number of carboxylic acids is 1. The van der Waals surface area contributed by atoms with Crippen molar-refractivity contribution >= 4 is 35.2 Å². The maximum Gasteiger partial charge on any atom is 0.327 e. The first-order valence-corrected chi connectivity index (χ1v) is 5.66. The van der Waals surface area contributed by atoms with Gasteiger partial charge in [-0.05, 0) is 13.8 Å². The molecular weight excluding hydrogens is 240 g/mol. The van der Waals surface area contributed by atoms with Crippen LogP contribution in [0.25, 0.3) is 0 Å². The molecule has 2 rings (SSSR count). The third-order valence-corrected chi connectivity index (χ3v) is 4.91. The van der Waals surface area contributed by atoms with Crippen LogP contribution >= 0.6 is 23.4 Å². The van der Waals surface area contributed by atoms with Gasteiger partial charge in [-0.3, -0.25) is 4.79 Å². The molecule has 2 saturated heterocycles. The van der Waals surface area contributed by atoms with Crippen LogP contribution in [0.5, 0.6) is 0 Å². The summed E-state index contributed by atoms with van der Waals surface area (Å²) in [5.41, 5.74) is 5.59. The number of carbonyl (C=O) groups is 2. The van der Waals surface area contributed by atoms with Crippen molar-refractivity contribution in [2.45, 2.75) is 35.0 Å². The van der Waals surface area contributed by atoms with E-state index in [0.29, 0.717) is 0 Å². The second-order valence-electron chi connectivity index (χ2n) is 4.29. The lowest BCUT2D eigenvalue weighted by Crippen LogP contribution is -2.74. The first-order valence-electron chi connectivity index (χ1n) is 4.41. The number of hydrogen-bond donors (Lipinski definition) is 2. The standard InChI is InChI=1S/C8H11ClN2O3S/c1-7(2)3(4(12)13)11-5(14)8(9,10)6(11)15-7/h3,6H,10H2,1-2H3,(H,12,13)/t3-,6+,8?/m0/s1. The van der Waals surface area contributed by atoms with Crippen molar-refractivity contribution in [3.63, 3.8) is 0 Å². The zero-order chi connectivity index (χ0) is 11.6. The summed E-state index contributed by atoms with van der Waals surface area (Å²) in [6.45, 7) is 3.55. The van der Waals surface area contributed by atoms with E-state index in [9.17, 15) is 9.59 Å². The summed E-state index contributed by atoms with van der Waals surface area (Å²) in [7, 11) is 0. The summed E-state index contributed by atoms with van der Waals surface area (Å²) in [6, 6.07) is -0.851. The number of alkyl halides is 1. The van der Waals surface area contributed by atoms with Crippen LogP contribution in [-0.4, -0.2) is 43.0 Å². The monoisotopic (exact) mass is 250 g/mol. The van der Waals surface area contributed by atoms with Crippen molar-refractivity contribution in [2.75, 3.05) is 0 Å². The summed E-state index contributed by atoms with van der Waals surface area (Å²) in [4.78, 5) is 22.5. The quantitative estimate of drug-likeness (QED) is 0.390. The fourth-order valence-electron chi connectivity index (χ4n) is 2.04. The Morgan fingerprint density at radius 3 is 2.67 bits per heavy atom. The summed E-state index contributed by atoms with van der Waals surface area (Å²) in [6.07, 6.45) is 0. The molecular formula is C8H11ClN2O3S. The molecule has 1 unspecified atom stereocenters. The predicted octanol–water partition coefficient (Wildman–Crippen LogP) is 0.0271. The van der Waals surface area contributed by atoms with Gasteiger partial charge in [-0.15, -0.1) is 11.8 Å². The lowest BCUT2D eigenvalue weighted by Gasteiger charge is -2.46. The van der Waals surface area contributed by atoms with Crippen LogP contribution in [0.15, 0.2) is 0 Å². The van der Waals surface area contributed by atoms with E-state index in [1.807, 2.05) is 0 Å². The van der Waals surface area contributed by atoms with Gasteiger partial charge in [0.1, 0.15) is 11.4 Å². The van der Waals surface area contributed by atoms with Crippen LogP contribution in [0, 0.1) is 0 Å². The molecule has 84 valence electrons. The molecule has 15 heavy (non-hydrogen) atoms. The smallest absolute Gasteiger partial charge is 0.327 e. The summed E-state index contributed by atoms with van der Waals surface area (Å²) < 4.78 is -0.567. The first kappa shape index (κ1) is 11.0. The minimum atomic E-state index is -1.44. The number of rotatable bonds is 1. The van der Waals surface area contributed by atoms with E-state index >= 15 is 0 Å². The third-order valence-electron chi connectivity index (χ3n) is 2.76. The highest BCUT2D eigenvalue weighted by Gasteiger charge is 2.69. The molecule has 0 spiro atoms. The molecule has 0 aliphatic carbocycles. The van der Waals surface area contributed by atoms with Gasteiger partial charge < -0.3 is 15.7 Å². The number of carbonyl (C=O) groups excluding carboxylic acids is 1. The Morgan fingerprint density at radius 2 is 2.20 bits per heavy atom. The molecule has 2 aliphatic rings. The highest BCUT2D eigenvalue weighted by Crippen LogP contribution is 2.55. The van der Waals surface area contributed by atoms with Gasteiger partial charge in [0.05, 0.1) is 0 Å². The van der Waals surface area contributed by atoms with Gasteiger partial charge >= 0.3 is 5.97 Å². The maximum atomic E-state index is 11.6. The van der Waals surface area contributed by atoms with Crippen molar-refractivity contribution in [3.05, 3.63) is 0 Å². The average Bonchev–Trinajstić information content (AvgIpc) is 2.35. The van der Waals surface area contributed by atoms with Gasteiger partial charge in [-0.25, -0.2) is 4.79 Å². The fourth-order valence-corrected chi connectivity index (χ4v) is 3.90. The molecule has 1 amide bonds. The molecule has 7 heteroatoms. The van der Waals surface area contributed by atoms with E-state index in [0.717, 1.165) is 0 Å². The van der Waals surface area contributed by atoms with E-state index in [2.05, 4.69) is 0 Å². The van der Waals surface area contributed by atoms with Crippen molar-refractivity contribution in [1.29, 1.82) is 0 Å². The summed E-state index contributed by atoms with van der Waals surface area (Å²) in [5.74, 6) is -1.52. The topological polar surface area (TPSA) is 83.6 Å². The largest absolute Gasteiger partial charge is 0.480 e. The zero-order valence-corrected chi connectivity index (χ0v) is 9.80. The second-order valence-corrected chi connectivity index (χ2v) is 6.65. The van der Waals surface area contributed by atoms with Crippen LogP contribution in [0.2, 0.25) is 0 Å². The predicted molar refractivity (Wildman–Crippen MR) is 56.5 cm³/mol. The van der Waals surface area contributed by atoms with Crippen LogP contribution in [0.4, 0.5) is 0 Å². The zero-order valence-electron chi connectivity index (χ0n) is 8.23. The number of halogens is 1. The van der Waals surface area contributed by atoms with Crippen LogP contribution in [0.1, 0.15) is 13.8 Å². The molecule has 2 fully saturated rings. The normalized spacial score (nSPS) is 42.4. The minimum Gasteiger partial charge on any atom is -0.480 e. The fraction of sp³-hybridized carbons (Fsp3) is 0.750. The van der Waals surface area contributed by atoms with Gasteiger partial charge in [-0.1, -0.05) is 11.6 Å². The Kier molecular flexibility index (Phi) is 2.07. The van der Waals surface area contributed by atoms with E-state index < -0.39 is 33.0 Å². The second kappa shape index (κ2) is 2.81. The van der Waals surface area contributed by atoms with Gasteiger partial charge in [0.2, 0.25) is 5.00 Å². The molecule has 3 N–H and O–H groups in total. The summed E-state index contributed by atoms with van der Waals surface area (Å²) in [5, 5.41) is 8.63. The van der Waals surface area contributed by atoms with E-state index in [-0.39, 0.29) is 0 Å². The highest BCUT2D eigenvalue weighted by atomic mass is 35.5. The number of β-lactam (4-membered cyclic amide) rings is 1. The van der Waals surface area contributed by atoms with Gasteiger partial charge in [0.25, 0.3) is 5.91 Å². The van der Waals surface area contributed by atoms with Gasteiger partial charge in [-0.2, -0.15) is 0 Å². The Hall–Kier alpha value is -0.460. The third kappa shape index (κ3) is 1.21. The maximum absolute atomic E-state index is 11.6. The lowest BCUT2D eigenvalue weighted by molar-refractivity contribution is -0.161. The molecule has 0 saturated carbocycles. The van der Waals surface area contributed by atoms with E-state index in [1.54, 1.807) is 13.8 Å². The molecule has 5 nitrogen and oxygen atoms in total. The van der Waals surface area contributed by atoms with Crippen molar-refractivity contribution < 1.29 is 14.7 Å². The number of nitrogens with two attached hydrogens (primary N) is 1. The SMILES string of the molecule is CC1(C)S[C@H]2N(C(=O)C2(N)Cl)[C@H]1C(=O)O. The molecule has 0 radical (unpaired) electrons. The Bertz CT molecular complexity index is 358. The molecule has 0 aromatic heterocycles. The Labute approximate surface area is 95.9 Å². The number of nitrogens with zero attached hydrogens (tertiary/aromatic N) is 1. The first-order chi connectivity index (χ1) is 6.69. The number of carboxylic acid groups (broad SMARTS) is 1. The number of fused-ring (bicyclic) bond motifs is 1. The molecule has 2 aliphatic heterocycles. The number of amides is 1. The molecule has 0 bridgehead atoms. The van der Waals surface area contributed by atoms with E-state index in [4.69, 9.17) is 22.4 Å². The molecule has 3 atom stereocenters. The average molecular weight is 251 g/mol. The number of thioether (sulfide) groups is 1. The highest BCUT2D eigenvalue weighted by molar-refractivity contribution is 8.01. The molecule has 0 aromatic rings. The van der Waals surface area contributed by atoms with Crippen molar-refractivity contribution in [1.82, 2.24) is 4.90 Å². The minimum absolute atomic E-state index is 0.442. The molecule has 0 aromatic carbocycles. The van der Waals surface area contributed by atoms with Crippen LogP contribution < -0.4 is 5.73 Å². The number of hydrogen-bond acceptors (Lipinski definition) is 4. The van der Waals surface area contributed by atoms with Crippen LogP contribution in [-0.2, 0) is 9.59 Å². The Morgan fingerprint density at radius 1 is 1.67 bits per heavy atom. The lowest BCUT2D eigenvalue weighted by atomic mass is 9.96. The molecule has 2 heterocycles. The number of aliphatic carboxylic acids is 1. The van der Waals surface area contributed by atoms with Gasteiger partial charge in [0, 0.05) is 4.75 Å². The van der Waals surface area contributed by atoms with Crippen molar-refractivity contribution in [3.8, 4) is 0 Å². The van der Waals surface area contributed by atoms with Gasteiger partial charge in [0.15, 0.2) is 0 Å². The van der Waals surface area contributed by atoms with E-state index in [1.165, 1.54) is 16.7 Å². The van der Waals surface area contributed by atoms with Crippen LogP contribution in [0.3, 0.4) is 0 Å². The summed E-state index contributed by atoms with van der Waals surface area (Å²) >= 11 is 7.16.